The summed E-state index contributed by atoms with van der Waals surface area (Å²) in [7, 11) is 3.21. The zero-order valence-electron chi connectivity index (χ0n) is 25.0. The Morgan fingerprint density at radius 3 is 2.70 bits per heavy atom. The minimum absolute atomic E-state index is 0.0694. The van der Waals surface area contributed by atoms with E-state index in [0.717, 1.165) is 28.9 Å². The van der Waals surface area contributed by atoms with Gasteiger partial charge in [-0.15, -0.1) is 0 Å². The van der Waals surface area contributed by atoms with Gasteiger partial charge >= 0.3 is 0 Å². The Morgan fingerprint density at radius 2 is 1.84 bits per heavy atom. The van der Waals surface area contributed by atoms with E-state index >= 15 is 0 Å². The van der Waals surface area contributed by atoms with Crippen LogP contribution in [0.2, 0.25) is 0 Å². The Hall–Kier alpha value is -4.57. The lowest BCUT2D eigenvalue weighted by atomic mass is 9.99. The SMILES string of the molecule is COc1cc2ccc1Oc1cccc(c1)CO[C@H]1CN(C(=O)c3ccc4c(c3)CCO4)CC[C@@H]1NC(=O)CN(C)C(=O)CC2. The second-order valence-electron chi connectivity index (χ2n) is 11.5. The number of benzene rings is 3. The number of piperidine rings is 1. The molecule has 0 aliphatic carbocycles. The summed E-state index contributed by atoms with van der Waals surface area (Å²) >= 11 is 0. The third-order valence-corrected chi connectivity index (χ3v) is 8.38. The van der Waals surface area contributed by atoms with E-state index in [-0.39, 0.29) is 43.3 Å². The molecule has 2 atom stereocenters. The number of likely N-dealkylation sites (tertiary alicyclic amines) is 1. The Kier molecular flexibility index (Phi) is 8.70. The van der Waals surface area contributed by atoms with Gasteiger partial charge in [0, 0.05) is 38.5 Å². The first kappa shape index (κ1) is 29.5. The highest BCUT2D eigenvalue weighted by atomic mass is 16.5. The molecule has 0 radical (unpaired) electrons. The lowest BCUT2D eigenvalue weighted by Gasteiger charge is -2.39. The monoisotopic (exact) mass is 599 g/mol. The summed E-state index contributed by atoms with van der Waals surface area (Å²) in [6, 6.07) is 18.4. The van der Waals surface area contributed by atoms with Crippen LogP contribution in [0.4, 0.5) is 0 Å². The fraction of sp³-hybridized carbons (Fsp3) is 0.382. The number of aryl methyl sites for hydroxylation is 1. The maximum Gasteiger partial charge on any atom is 0.253 e. The molecule has 10 heteroatoms. The quantitative estimate of drug-likeness (QED) is 0.478. The minimum atomic E-state index is -0.464. The summed E-state index contributed by atoms with van der Waals surface area (Å²) in [5.41, 5.74) is 3.46. The van der Waals surface area contributed by atoms with Crippen molar-refractivity contribution >= 4 is 17.7 Å². The van der Waals surface area contributed by atoms with Crippen LogP contribution in [0.15, 0.2) is 60.7 Å². The van der Waals surface area contributed by atoms with Gasteiger partial charge in [0.2, 0.25) is 11.8 Å². The van der Waals surface area contributed by atoms with Gasteiger partial charge in [0.1, 0.15) is 11.5 Å². The maximum absolute atomic E-state index is 13.6. The third kappa shape index (κ3) is 6.65. The van der Waals surface area contributed by atoms with Crippen LogP contribution in [-0.4, -0.2) is 80.1 Å². The number of fused-ring (bicyclic) bond motifs is 10. The van der Waals surface area contributed by atoms with Gasteiger partial charge in [0.15, 0.2) is 11.5 Å². The molecule has 3 aromatic rings. The van der Waals surface area contributed by atoms with E-state index in [0.29, 0.717) is 55.4 Å². The van der Waals surface area contributed by atoms with Crippen molar-refractivity contribution in [3.8, 4) is 23.0 Å². The molecule has 4 aliphatic heterocycles. The van der Waals surface area contributed by atoms with E-state index in [2.05, 4.69) is 5.32 Å². The number of ether oxygens (including phenoxy) is 4. The zero-order chi connectivity index (χ0) is 30.6. The predicted octanol–water partition coefficient (Wildman–Crippen LogP) is 3.74. The molecule has 10 nitrogen and oxygen atoms in total. The maximum atomic E-state index is 13.6. The van der Waals surface area contributed by atoms with E-state index in [1.807, 2.05) is 54.6 Å². The van der Waals surface area contributed by atoms with Gasteiger partial charge in [-0.25, -0.2) is 0 Å². The lowest BCUT2D eigenvalue weighted by molar-refractivity contribution is -0.135. The van der Waals surface area contributed by atoms with Crippen LogP contribution in [0.3, 0.4) is 0 Å². The van der Waals surface area contributed by atoms with Crippen LogP contribution < -0.4 is 19.5 Å². The second kappa shape index (κ2) is 13.0. The van der Waals surface area contributed by atoms with Gasteiger partial charge in [-0.2, -0.15) is 0 Å². The molecule has 0 saturated carbocycles. The molecule has 1 saturated heterocycles. The summed E-state index contributed by atoms with van der Waals surface area (Å²) < 4.78 is 23.8. The minimum Gasteiger partial charge on any atom is -0.493 e. The molecule has 44 heavy (non-hydrogen) atoms. The number of nitrogens with one attached hydrogen (secondary N) is 1. The molecule has 1 fully saturated rings. The van der Waals surface area contributed by atoms with Crippen molar-refractivity contribution in [2.75, 3.05) is 40.4 Å². The molecule has 3 aromatic carbocycles. The number of rotatable bonds is 2. The molecule has 0 spiro atoms. The molecule has 4 bridgehead atoms. The Balaban J connectivity index is 1.24. The molecular weight excluding hydrogens is 562 g/mol. The second-order valence-corrected chi connectivity index (χ2v) is 11.5. The largest absolute Gasteiger partial charge is 0.493 e. The first-order valence-corrected chi connectivity index (χ1v) is 15.0. The highest BCUT2D eigenvalue weighted by Gasteiger charge is 2.34. The van der Waals surface area contributed by atoms with E-state index in [4.69, 9.17) is 18.9 Å². The number of likely N-dealkylation sites (N-methyl/N-ethyl adjacent to an activating group) is 1. The highest BCUT2D eigenvalue weighted by molar-refractivity contribution is 5.95. The van der Waals surface area contributed by atoms with Crippen molar-refractivity contribution in [1.29, 1.82) is 0 Å². The van der Waals surface area contributed by atoms with Crippen LogP contribution >= 0.6 is 0 Å². The van der Waals surface area contributed by atoms with Crippen molar-refractivity contribution in [1.82, 2.24) is 15.1 Å². The average Bonchev–Trinajstić information content (AvgIpc) is 3.51. The van der Waals surface area contributed by atoms with E-state index < -0.39 is 6.10 Å². The Bertz CT molecular complexity index is 1560. The number of carbonyl (C=O) groups is 3. The fourth-order valence-electron chi connectivity index (χ4n) is 5.92. The predicted molar refractivity (Wildman–Crippen MR) is 162 cm³/mol. The van der Waals surface area contributed by atoms with E-state index in [1.54, 1.807) is 25.1 Å². The van der Waals surface area contributed by atoms with Gasteiger partial charge in [-0.1, -0.05) is 18.2 Å². The van der Waals surface area contributed by atoms with Crippen LogP contribution in [0.1, 0.15) is 39.9 Å². The zero-order valence-corrected chi connectivity index (χ0v) is 25.0. The summed E-state index contributed by atoms with van der Waals surface area (Å²) in [5, 5.41) is 3.08. The summed E-state index contributed by atoms with van der Waals surface area (Å²) in [4.78, 5) is 42.8. The molecular formula is C34H37N3O7. The fourth-order valence-corrected chi connectivity index (χ4v) is 5.92. The highest BCUT2D eigenvalue weighted by Crippen LogP contribution is 2.33. The molecule has 1 N–H and O–H groups in total. The number of hydrogen-bond acceptors (Lipinski definition) is 7. The summed E-state index contributed by atoms with van der Waals surface area (Å²) in [6.45, 7) is 1.59. The van der Waals surface area contributed by atoms with Crippen LogP contribution in [0.5, 0.6) is 23.0 Å². The number of amides is 3. The number of carbonyl (C=O) groups excluding carboxylic acids is 3. The van der Waals surface area contributed by atoms with Crippen LogP contribution in [0.25, 0.3) is 0 Å². The van der Waals surface area contributed by atoms with Crippen molar-refractivity contribution in [2.24, 2.45) is 0 Å². The van der Waals surface area contributed by atoms with Crippen molar-refractivity contribution < 1.29 is 33.3 Å². The number of methoxy groups -OCH3 is 1. The summed E-state index contributed by atoms with van der Waals surface area (Å²) in [6.07, 6.45) is 1.58. The van der Waals surface area contributed by atoms with E-state index in [9.17, 15) is 14.4 Å². The van der Waals surface area contributed by atoms with Gasteiger partial charge in [0.25, 0.3) is 5.91 Å². The molecule has 4 heterocycles. The van der Waals surface area contributed by atoms with Gasteiger partial charge in [-0.3, -0.25) is 14.4 Å². The van der Waals surface area contributed by atoms with Crippen molar-refractivity contribution in [2.45, 2.75) is 44.4 Å². The van der Waals surface area contributed by atoms with Crippen molar-refractivity contribution in [3.05, 3.63) is 82.9 Å². The summed E-state index contributed by atoms with van der Waals surface area (Å²) in [5.74, 6) is 2.09. The molecule has 0 aromatic heterocycles. The smallest absolute Gasteiger partial charge is 0.253 e. The first-order valence-electron chi connectivity index (χ1n) is 15.0. The van der Waals surface area contributed by atoms with Crippen LogP contribution in [0, 0.1) is 0 Å². The van der Waals surface area contributed by atoms with Crippen LogP contribution in [-0.2, 0) is 33.8 Å². The molecule has 0 unspecified atom stereocenters. The molecule has 230 valence electrons. The van der Waals surface area contributed by atoms with Gasteiger partial charge in [0.05, 0.1) is 39.0 Å². The standard InChI is InChI=1S/C34H37N3O7/c1-36-20-32(38)35-27-12-14-37(34(40)25-8-10-28-24(18-25)13-15-42-28)19-31(27)43-21-23-4-3-5-26(16-23)44-29-9-6-22(7-11-33(36)39)17-30(29)41-2/h3-6,8-10,16-18,27,31H,7,11-15,19-21H2,1-2H3,(H,35,38)/t27-,31-/m0/s1. The number of nitrogens with zero attached hydrogens (tertiary/aromatic N) is 2. The number of hydrogen-bond donors (Lipinski definition) is 1. The van der Waals surface area contributed by atoms with Gasteiger partial charge in [-0.05, 0) is 72.0 Å². The van der Waals surface area contributed by atoms with E-state index in [1.165, 1.54) is 4.90 Å². The van der Waals surface area contributed by atoms with Gasteiger partial charge < -0.3 is 34.1 Å². The normalized spacial score (nSPS) is 20.7. The Labute approximate surface area is 256 Å². The molecule has 7 rings (SSSR count). The topological polar surface area (TPSA) is 107 Å². The lowest BCUT2D eigenvalue weighted by Crippen LogP contribution is -2.57. The average molecular weight is 600 g/mol. The first-order chi connectivity index (χ1) is 21.4. The third-order valence-electron chi connectivity index (χ3n) is 8.38. The Morgan fingerprint density at radius 1 is 0.977 bits per heavy atom. The van der Waals surface area contributed by atoms with Crippen molar-refractivity contribution in [3.63, 3.8) is 0 Å². The molecule has 3 amide bonds. The molecule has 4 aliphatic rings.